The highest BCUT2D eigenvalue weighted by Crippen LogP contribution is 2.30. The number of hydrogen-bond acceptors (Lipinski definition) is 5. The monoisotopic (exact) mass is 341 g/mol. The lowest BCUT2D eigenvalue weighted by Crippen LogP contribution is -2.30. The van der Waals surface area contributed by atoms with Gasteiger partial charge in [-0.05, 0) is 36.2 Å². The lowest BCUT2D eigenvalue weighted by atomic mass is 10.1. The van der Waals surface area contributed by atoms with Gasteiger partial charge in [0, 0.05) is 6.54 Å². The van der Waals surface area contributed by atoms with Crippen LogP contribution in [0.5, 0.6) is 11.5 Å². The molecule has 0 aliphatic carbocycles. The average molecular weight is 341 g/mol. The van der Waals surface area contributed by atoms with Crippen LogP contribution in [-0.4, -0.2) is 38.2 Å². The van der Waals surface area contributed by atoms with Gasteiger partial charge in [0.1, 0.15) is 13.2 Å². The molecule has 0 aromatic heterocycles. The molecule has 6 nitrogen and oxygen atoms in total. The van der Waals surface area contributed by atoms with E-state index in [4.69, 9.17) is 14.2 Å². The van der Waals surface area contributed by atoms with Crippen LogP contribution in [0.3, 0.4) is 0 Å². The summed E-state index contributed by atoms with van der Waals surface area (Å²) < 4.78 is 16.0. The van der Waals surface area contributed by atoms with Gasteiger partial charge in [0.25, 0.3) is 5.91 Å². The molecular weight excluding hydrogens is 322 g/mol. The Balaban J connectivity index is 1.40. The molecule has 2 aromatic carbocycles. The van der Waals surface area contributed by atoms with Crippen LogP contribution in [0.25, 0.3) is 0 Å². The molecule has 25 heavy (non-hydrogen) atoms. The lowest BCUT2D eigenvalue weighted by Gasteiger charge is -2.18. The topological polar surface area (TPSA) is 73.9 Å². The average Bonchev–Trinajstić information content (AvgIpc) is 2.66. The summed E-state index contributed by atoms with van der Waals surface area (Å²) in [6, 6.07) is 14.3. The van der Waals surface area contributed by atoms with Crippen LogP contribution < -0.4 is 14.8 Å². The van der Waals surface area contributed by atoms with Gasteiger partial charge in [0.15, 0.2) is 18.1 Å². The zero-order chi connectivity index (χ0) is 17.5. The van der Waals surface area contributed by atoms with Gasteiger partial charge >= 0.3 is 5.97 Å². The van der Waals surface area contributed by atoms with Gasteiger partial charge in [0.2, 0.25) is 0 Å². The summed E-state index contributed by atoms with van der Waals surface area (Å²) in [5, 5.41) is 2.73. The first-order valence-corrected chi connectivity index (χ1v) is 8.10. The second-order valence-corrected chi connectivity index (χ2v) is 5.52. The number of benzene rings is 2. The van der Waals surface area contributed by atoms with Crippen molar-refractivity contribution in [2.75, 3.05) is 26.4 Å². The fourth-order valence-corrected chi connectivity index (χ4v) is 2.43. The van der Waals surface area contributed by atoms with E-state index in [-0.39, 0.29) is 12.5 Å². The fraction of sp³-hybridized carbons (Fsp3) is 0.263. The van der Waals surface area contributed by atoms with Gasteiger partial charge in [0.05, 0.1) is 5.56 Å². The smallest absolute Gasteiger partial charge is 0.338 e. The molecule has 1 aliphatic heterocycles. The third-order valence-electron chi connectivity index (χ3n) is 3.69. The molecule has 1 amide bonds. The van der Waals surface area contributed by atoms with Gasteiger partial charge in [-0.15, -0.1) is 0 Å². The predicted molar refractivity (Wildman–Crippen MR) is 90.9 cm³/mol. The van der Waals surface area contributed by atoms with E-state index in [2.05, 4.69) is 5.32 Å². The molecule has 1 N–H and O–H groups in total. The van der Waals surface area contributed by atoms with Gasteiger partial charge in [-0.1, -0.05) is 24.3 Å². The van der Waals surface area contributed by atoms with E-state index in [9.17, 15) is 9.59 Å². The van der Waals surface area contributed by atoms with E-state index >= 15 is 0 Å². The maximum Gasteiger partial charge on any atom is 0.338 e. The zero-order valence-corrected chi connectivity index (χ0v) is 13.7. The van der Waals surface area contributed by atoms with Crippen molar-refractivity contribution in [1.82, 2.24) is 5.32 Å². The third kappa shape index (κ3) is 4.73. The summed E-state index contributed by atoms with van der Waals surface area (Å²) in [4.78, 5) is 23.5. The molecule has 0 radical (unpaired) electrons. The number of nitrogens with one attached hydrogen (secondary N) is 1. The molecule has 0 spiro atoms. The Morgan fingerprint density at radius 3 is 2.56 bits per heavy atom. The molecule has 2 aromatic rings. The van der Waals surface area contributed by atoms with Crippen molar-refractivity contribution in [1.29, 1.82) is 0 Å². The number of ether oxygens (including phenoxy) is 3. The van der Waals surface area contributed by atoms with Crippen LogP contribution >= 0.6 is 0 Å². The van der Waals surface area contributed by atoms with Crippen molar-refractivity contribution in [2.45, 2.75) is 6.42 Å². The second kappa shape index (κ2) is 8.19. The van der Waals surface area contributed by atoms with Crippen molar-refractivity contribution >= 4 is 11.9 Å². The largest absolute Gasteiger partial charge is 0.486 e. The number of fused-ring (bicyclic) bond motifs is 1. The molecule has 1 aliphatic rings. The Kier molecular flexibility index (Phi) is 5.51. The Labute approximate surface area is 145 Å². The summed E-state index contributed by atoms with van der Waals surface area (Å²) in [5.41, 5.74) is 1.46. The molecule has 0 saturated carbocycles. The van der Waals surface area contributed by atoms with E-state index < -0.39 is 5.97 Å². The molecule has 0 unspecified atom stereocenters. The highest BCUT2D eigenvalue weighted by Gasteiger charge is 2.12. The normalized spacial score (nSPS) is 12.3. The van der Waals surface area contributed by atoms with E-state index in [1.807, 2.05) is 18.2 Å². The molecule has 0 fully saturated rings. The molecule has 0 atom stereocenters. The maximum absolute atomic E-state index is 11.8. The van der Waals surface area contributed by atoms with Gasteiger partial charge in [-0.3, -0.25) is 4.79 Å². The SMILES string of the molecule is O=C(COC(=O)c1ccccc1)NCCc1ccc2c(c1)OCCO2. The Morgan fingerprint density at radius 1 is 1.00 bits per heavy atom. The minimum atomic E-state index is -0.511. The minimum absolute atomic E-state index is 0.297. The predicted octanol–water partition coefficient (Wildman–Crippen LogP) is 1.97. The van der Waals surface area contributed by atoms with Crippen LogP contribution in [0.15, 0.2) is 48.5 Å². The standard InChI is InChI=1S/C19H19NO5/c21-18(13-25-19(22)15-4-2-1-3-5-15)20-9-8-14-6-7-16-17(12-14)24-11-10-23-16/h1-7,12H,8-11,13H2,(H,20,21). The quantitative estimate of drug-likeness (QED) is 0.813. The molecule has 1 heterocycles. The number of esters is 1. The highest BCUT2D eigenvalue weighted by atomic mass is 16.6. The van der Waals surface area contributed by atoms with Gasteiger partial charge in [-0.2, -0.15) is 0 Å². The number of carbonyl (C=O) groups excluding carboxylic acids is 2. The van der Waals surface area contributed by atoms with E-state index in [1.165, 1.54) is 0 Å². The minimum Gasteiger partial charge on any atom is -0.486 e. The summed E-state index contributed by atoms with van der Waals surface area (Å²) in [5.74, 6) is 0.628. The van der Waals surface area contributed by atoms with Crippen LogP contribution in [-0.2, 0) is 16.0 Å². The van der Waals surface area contributed by atoms with Crippen LogP contribution in [0.2, 0.25) is 0 Å². The van der Waals surface area contributed by atoms with Crippen molar-refractivity contribution in [2.24, 2.45) is 0 Å². The van der Waals surface area contributed by atoms with Crippen LogP contribution in [0.1, 0.15) is 15.9 Å². The van der Waals surface area contributed by atoms with Crippen LogP contribution in [0, 0.1) is 0 Å². The van der Waals surface area contributed by atoms with Gasteiger partial charge < -0.3 is 19.5 Å². The molecule has 130 valence electrons. The lowest BCUT2D eigenvalue weighted by molar-refractivity contribution is -0.124. The first kappa shape index (κ1) is 16.8. The van der Waals surface area contributed by atoms with Crippen molar-refractivity contribution in [3.63, 3.8) is 0 Å². The summed E-state index contributed by atoms with van der Waals surface area (Å²) >= 11 is 0. The summed E-state index contributed by atoms with van der Waals surface area (Å²) in [6.07, 6.45) is 0.648. The number of hydrogen-bond donors (Lipinski definition) is 1. The van der Waals surface area contributed by atoms with E-state index in [0.29, 0.717) is 31.7 Å². The van der Waals surface area contributed by atoms with E-state index in [0.717, 1.165) is 17.1 Å². The van der Waals surface area contributed by atoms with Crippen molar-refractivity contribution < 1.29 is 23.8 Å². The molecular formula is C19H19NO5. The van der Waals surface area contributed by atoms with Crippen molar-refractivity contribution in [3.8, 4) is 11.5 Å². The fourth-order valence-electron chi connectivity index (χ4n) is 2.43. The Hall–Kier alpha value is -3.02. The highest BCUT2D eigenvalue weighted by molar-refractivity contribution is 5.91. The molecule has 0 saturated heterocycles. The first-order chi connectivity index (χ1) is 12.2. The Bertz CT molecular complexity index is 745. The van der Waals surface area contributed by atoms with Crippen molar-refractivity contribution in [3.05, 3.63) is 59.7 Å². The third-order valence-corrected chi connectivity index (χ3v) is 3.69. The number of carbonyl (C=O) groups is 2. The molecule has 0 bridgehead atoms. The van der Waals surface area contributed by atoms with Gasteiger partial charge in [-0.25, -0.2) is 4.79 Å². The Morgan fingerprint density at radius 2 is 1.76 bits per heavy atom. The maximum atomic E-state index is 11.8. The first-order valence-electron chi connectivity index (χ1n) is 8.10. The second-order valence-electron chi connectivity index (χ2n) is 5.52. The molecule has 3 rings (SSSR count). The zero-order valence-electron chi connectivity index (χ0n) is 13.7. The summed E-state index contributed by atoms with van der Waals surface area (Å²) in [7, 11) is 0. The number of rotatable bonds is 6. The summed E-state index contributed by atoms with van der Waals surface area (Å²) in [6.45, 7) is 1.25. The number of amides is 1. The van der Waals surface area contributed by atoms with Crippen LogP contribution in [0.4, 0.5) is 0 Å². The molecule has 6 heteroatoms. The van der Waals surface area contributed by atoms with E-state index in [1.54, 1.807) is 30.3 Å².